The second kappa shape index (κ2) is 2.23. The lowest BCUT2D eigenvalue weighted by Gasteiger charge is -1.98. The molecule has 4 heteroatoms. The van der Waals surface area contributed by atoms with Crippen molar-refractivity contribution in [2.24, 2.45) is 0 Å². The first-order valence-corrected chi connectivity index (χ1v) is 4.47. The molecule has 1 aliphatic rings. The van der Waals surface area contributed by atoms with E-state index in [0.29, 0.717) is 0 Å². The Morgan fingerprint density at radius 2 is 2.18 bits per heavy atom. The second-order valence-electron chi connectivity index (χ2n) is 2.47. The Kier molecular flexibility index (Phi) is 1.35. The van der Waals surface area contributed by atoms with Crippen LogP contribution in [-0.4, -0.2) is 4.21 Å². The molecule has 1 heterocycles. The number of nitrogens with one attached hydrogen (secondary N) is 2. The molecule has 2 rings (SSSR count). The monoisotopic (exact) mass is 168 g/mol. The number of hydrogen-bond acceptors (Lipinski definition) is 1. The number of fused-ring (bicyclic) bond motifs is 1. The van der Waals surface area contributed by atoms with Gasteiger partial charge in [-0.2, -0.15) is 0 Å². The lowest BCUT2D eigenvalue weighted by Crippen LogP contribution is -2.02. The third-order valence-corrected chi connectivity index (χ3v) is 2.47. The molecule has 0 saturated carbocycles. The van der Waals surface area contributed by atoms with Gasteiger partial charge in [0.15, 0.2) is 0 Å². The summed E-state index contributed by atoms with van der Waals surface area (Å²) in [5.41, 5.74) is 2.98. The molecular formula is C7H8N2OS. The quantitative estimate of drug-likeness (QED) is 0.604. The van der Waals surface area contributed by atoms with Gasteiger partial charge in [-0.25, -0.2) is 4.21 Å². The number of para-hydroxylation sites is 1. The van der Waals surface area contributed by atoms with Gasteiger partial charge >= 0.3 is 0 Å². The van der Waals surface area contributed by atoms with Gasteiger partial charge in [-0.3, -0.25) is 9.44 Å². The molecule has 0 aliphatic carbocycles. The fourth-order valence-corrected chi connectivity index (χ4v) is 1.98. The molecule has 1 unspecified atom stereocenters. The van der Waals surface area contributed by atoms with Crippen LogP contribution in [0.15, 0.2) is 18.2 Å². The largest absolute Gasteiger partial charge is 0.286 e. The van der Waals surface area contributed by atoms with Crippen molar-refractivity contribution < 1.29 is 4.21 Å². The van der Waals surface area contributed by atoms with E-state index in [1.54, 1.807) is 0 Å². The van der Waals surface area contributed by atoms with Crippen molar-refractivity contribution in [3.05, 3.63) is 23.8 Å². The zero-order chi connectivity index (χ0) is 7.84. The van der Waals surface area contributed by atoms with Crippen LogP contribution in [0.2, 0.25) is 0 Å². The van der Waals surface area contributed by atoms with Crippen LogP contribution in [0.25, 0.3) is 0 Å². The summed E-state index contributed by atoms with van der Waals surface area (Å²) < 4.78 is 16.6. The van der Waals surface area contributed by atoms with Crippen LogP contribution in [0, 0.1) is 6.92 Å². The van der Waals surface area contributed by atoms with E-state index in [2.05, 4.69) is 9.44 Å². The first-order valence-electron chi connectivity index (χ1n) is 3.32. The normalized spacial score (nSPS) is 20.3. The minimum absolute atomic E-state index is 0.920. The molecule has 58 valence electrons. The summed E-state index contributed by atoms with van der Waals surface area (Å²) in [6, 6.07) is 5.82. The highest BCUT2D eigenvalue weighted by Crippen LogP contribution is 2.30. The molecule has 0 spiro atoms. The van der Waals surface area contributed by atoms with Gasteiger partial charge in [-0.15, -0.1) is 0 Å². The van der Waals surface area contributed by atoms with Gasteiger partial charge in [-0.1, -0.05) is 12.1 Å². The molecule has 1 aromatic carbocycles. The Balaban J connectivity index is 2.57. The van der Waals surface area contributed by atoms with Gasteiger partial charge in [0.05, 0.1) is 11.4 Å². The van der Waals surface area contributed by atoms with Crippen LogP contribution in [-0.2, 0) is 11.2 Å². The topological polar surface area (TPSA) is 41.1 Å². The summed E-state index contributed by atoms with van der Waals surface area (Å²) in [6.45, 7) is 1.98. The van der Waals surface area contributed by atoms with Gasteiger partial charge in [0, 0.05) is 0 Å². The molecule has 0 saturated heterocycles. The SMILES string of the molecule is Cc1cccc2c1NS(=O)N2. The van der Waals surface area contributed by atoms with Crippen molar-refractivity contribution in [1.82, 2.24) is 0 Å². The van der Waals surface area contributed by atoms with Gasteiger partial charge in [0.2, 0.25) is 11.2 Å². The number of anilines is 2. The van der Waals surface area contributed by atoms with Crippen molar-refractivity contribution in [1.29, 1.82) is 0 Å². The van der Waals surface area contributed by atoms with E-state index >= 15 is 0 Å². The molecule has 0 aromatic heterocycles. The average molecular weight is 168 g/mol. The predicted octanol–water partition coefficient (Wildman–Crippen LogP) is 1.41. The summed E-state index contributed by atoms with van der Waals surface area (Å²) in [6.07, 6.45) is 0. The number of rotatable bonds is 0. The highest BCUT2D eigenvalue weighted by molar-refractivity contribution is 7.88. The fourth-order valence-electron chi connectivity index (χ4n) is 1.11. The second-order valence-corrected chi connectivity index (χ2v) is 3.42. The lowest BCUT2D eigenvalue weighted by atomic mass is 10.2. The fraction of sp³-hybridized carbons (Fsp3) is 0.143. The Labute approximate surface area is 67.5 Å². The molecular weight excluding hydrogens is 160 g/mol. The maximum atomic E-state index is 10.9. The maximum Gasteiger partial charge on any atom is 0.220 e. The smallest absolute Gasteiger partial charge is 0.220 e. The third kappa shape index (κ3) is 0.991. The van der Waals surface area contributed by atoms with Crippen molar-refractivity contribution in [2.75, 3.05) is 9.44 Å². The highest BCUT2D eigenvalue weighted by Gasteiger charge is 2.15. The molecule has 3 nitrogen and oxygen atoms in total. The summed E-state index contributed by atoms with van der Waals surface area (Å²) in [5, 5.41) is 0. The summed E-state index contributed by atoms with van der Waals surface area (Å²) >= 11 is -1.13. The Hall–Kier alpha value is -1.03. The van der Waals surface area contributed by atoms with Crippen LogP contribution in [0.3, 0.4) is 0 Å². The van der Waals surface area contributed by atoms with Crippen LogP contribution in [0.4, 0.5) is 11.4 Å². The minimum atomic E-state index is -1.13. The summed E-state index contributed by atoms with van der Waals surface area (Å²) in [7, 11) is 0. The van der Waals surface area contributed by atoms with Crippen LogP contribution >= 0.6 is 0 Å². The molecule has 11 heavy (non-hydrogen) atoms. The predicted molar refractivity (Wildman–Crippen MR) is 46.6 cm³/mol. The lowest BCUT2D eigenvalue weighted by molar-refractivity contribution is 0.690. The third-order valence-electron chi connectivity index (χ3n) is 1.67. The standard InChI is InChI=1S/C7H8N2OS/c1-5-3-2-4-6-7(5)9-11(10)8-6/h2-4,8-9H,1H3. The van der Waals surface area contributed by atoms with E-state index in [4.69, 9.17) is 0 Å². The molecule has 0 radical (unpaired) electrons. The molecule has 1 aliphatic heterocycles. The van der Waals surface area contributed by atoms with Crippen molar-refractivity contribution in [2.45, 2.75) is 6.92 Å². The van der Waals surface area contributed by atoms with Crippen molar-refractivity contribution >= 4 is 22.5 Å². The van der Waals surface area contributed by atoms with Crippen LogP contribution in [0.5, 0.6) is 0 Å². The van der Waals surface area contributed by atoms with Crippen LogP contribution < -0.4 is 9.44 Å². The zero-order valence-electron chi connectivity index (χ0n) is 6.05. The van der Waals surface area contributed by atoms with Gasteiger partial charge in [-0.05, 0) is 18.6 Å². The van der Waals surface area contributed by atoms with Gasteiger partial charge < -0.3 is 0 Å². The van der Waals surface area contributed by atoms with E-state index in [-0.39, 0.29) is 0 Å². The van der Waals surface area contributed by atoms with Crippen molar-refractivity contribution in [3.8, 4) is 0 Å². The summed E-state index contributed by atoms with van der Waals surface area (Å²) in [4.78, 5) is 0. The average Bonchev–Trinajstić information content (AvgIpc) is 2.31. The van der Waals surface area contributed by atoms with Gasteiger partial charge in [0.25, 0.3) is 0 Å². The number of benzene rings is 1. The molecule has 1 atom stereocenters. The van der Waals surface area contributed by atoms with Crippen LogP contribution in [0.1, 0.15) is 5.56 Å². The molecule has 1 aromatic rings. The molecule has 0 amide bonds. The molecule has 2 N–H and O–H groups in total. The highest BCUT2D eigenvalue weighted by atomic mass is 32.2. The van der Waals surface area contributed by atoms with E-state index < -0.39 is 11.2 Å². The number of hydrogen-bond donors (Lipinski definition) is 2. The Morgan fingerprint density at radius 1 is 1.36 bits per heavy atom. The van der Waals surface area contributed by atoms with E-state index in [0.717, 1.165) is 16.9 Å². The first kappa shape index (κ1) is 6.67. The zero-order valence-corrected chi connectivity index (χ0v) is 6.87. The molecule has 0 bridgehead atoms. The summed E-state index contributed by atoms with van der Waals surface area (Å²) in [5.74, 6) is 0. The van der Waals surface area contributed by atoms with Crippen molar-refractivity contribution in [3.63, 3.8) is 0 Å². The first-order chi connectivity index (χ1) is 5.27. The van der Waals surface area contributed by atoms with E-state index in [1.165, 1.54) is 0 Å². The van der Waals surface area contributed by atoms with E-state index in [9.17, 15) is 4.21 Å². The number of aryl methyl sites for hydroxylation is 1. The minimum Gasteiger partial charge on any atom is -0.286 e. The van der Waals surface area contributed by atoms with Gasteiger partial charge in [0.1, 0.15) is 0 Å². The Bertz CT molecular complexity index is 324. The van der Waals surface area contributed by atoms with E-state index in [1.807, 2.05) is 25.1 Å². The maximum absolute atomic E-state index is 10.9. The Morgan fingerprint density at radius 3 is 2.91 bits per heavy atom. The molecule has 0 fully saturated rings.